The van der Waals surface area contributed by atoms with Crippen LogP contribution in [0.5, 0.6) is 0 Å². The van der Waals surface area contributed by atoms with Gasteiger partial charge in [0, 0.05) is 32.6 Å². The Morgan fingerprint density at radius 2 is 1.40 bits per heavy atom. The van der Waals surface area contributed by atoms with E-state index in [1.54, 1.807) is 11.9 Å². The summed E-state index contributed by atoms with van der Waals surface area (Å²) in [6.07, 6.45) is 18.5. The number of aryl methyl sites for hydroxylation is 1. The van der Waals surface area contributed by atoms with Crippen molar-refractivity contribution >= 4 is 24.5 Å². The fourth-order valence-corrected chi connectivity index (χ4v) is 4.16. The van der Waals surface area contributed by atoms with E-state index in [0.29, 0.717) is 12.8 Å². The lowest BCUT2D eigenvalue weighted by Crippen LogP contribution is -2.29. The van der Waals surface area contributed by atoms with Crippen molar-refractivity contribution in [3.8, 4) is 0 Å². The van der Waals surface area contributed by atoms with Crippen LogP contribution in [0.2, 0.25) is 0 Å². The predicted molar refractivity (Wildman–Crippen MR) is 126 cm³/mol. The van der Waals surface area contributed by atoms with Crippen LogP contribution < -0.4 is 4.72 Å². The monoisotopic (exact) mass is 438 g/mol. The normalized spacial score (nSPS) is 11.3. The van der Waals surface area contributed by atoms with Gasteiger partial charge in [-0.3, -0.25) is 9.40 Å². The van der Waals surface area contributed by atoms with Crippen LogP contribution in [-0.2, 0) is 16.6 Å². The van der Waals surface area contributed by atoms with Gasteiger partial charge in [0.1, 0.15) is 17.6 Å². The Labute approximate surface area is 187 Å². The van der Waals surface area contributed by atoms with Crippen LogP contribution in [0.25, 0.3) is 0 Å². The molecule has 6 nitrogen and oxygen atoms in total. The molecule has 0 saturated carbocycles. The molecule has 0 amide bonds. The van der Waals surface area contributed by atoms with E-state index in [1.807, 2.05) is 24.0 Å². The highest BCUT2D eigenvalue weighted by atomic mass is 32.2. The molecule has 1 N–H and O–H groups in total. The number of carbonyl (C=O) groups is 2. The highest BCUT2D eigenvalue weighted by Crippen LogP contribution is 2.11. The molecule has 0 aromatic carbocycles. The molecule has 7 heteroatoms. The van der Waals surface area contributed by atoms with Gasteiger partial charge in [0.2, 0.25) is 0 Å². The first kappa shape index (κ1) is 26.9. The molecule has 0 aliphatic heterocycles. The third-order valence-corrected chi connectivity index (χ3v) is 5.99. The smallest absolute Gasteiger partial charge is 0.133 e. The maximum Gasteiger partial charge on any atom is 0.133 e. The third-order valence-electron chi connectivity index (χ3n) is 5.21. The van der Waals surface area contributed by atoms with Crippen LogP contribution in [0.3, 0.4) is 0 Å². The van der Waals surface area contributed by atoms with Crippen molar-refractivity contribution in [3.63, 3.8) is 0 Å². The average Bonchev–Trinajstić information content (AvgIpc) is 3.16. The van der Waals surface area contributed by atoms with Gasteiger partial charge < -0.3 is 14.5 Å². The summed E-state index contributed by atoms with van der Waals surface area (Å²) in [7, 11) is 1.94. The molecule has 1 aromatic rings. The summed E-state index contributed by atoms with van der Waals surface area (Å²) in [5.74, 6) is 0. The molecule has 1 rings (SSSR count). The van der Waals surface area contributed by atoms with Crippen LogP contribution in [0.4, 0.5) is 0 Å². The van der Waals surface area contributed by atoms with Crippen LogP contribution in [0, 0.1) is 0 Å². The number of unbranched alkanes of at least 4 members (excludes halogenated alkanes) is 10. The molecule has 0 bridgehead atoms. The van der Waals surface area contributed by atoms with Gasteiger partial charge in [-0.05, 0) is 69.8 Å². The van der Waals surface area contributed by atoms with Gasteiger partial charge in [-0.25, -0.2) is 0 Å². The number of aldehydes is 2. The van der Waals surface area contributed by atoms with Crippen LogP contribution in [0.15, 0.2) is 17.3 Å². The van der Waals surface area contributed by atoms with Crippen molar-refractivity contribution in [2.45, 2.75) is 88.5 Å². The van der Waals surface area contributed by atoms with Gasteiger partial charge in [0.15, 0.2) is 0 Å². The van der Waals surface area contributed by atoms with Gasteiger partial charge in [-0.1, -0.05) is 38.5 Å². The number of hydrogen-bond donors (Lipinski definition) is 1. The predicted octanol–water partition coefficient (Wildman–Crippen LogP) is 4.79. The minimum absolute atomic E-state index is 0.711. The molecule has 0 spiro atoms. The zero-order valence-corrected chi connectivity index (χ0v) is 19.7. The van der Waals surface area contributed by atoms with Crippen LogP contribution in [-0.4, -0.2) is 53.4 Å². The summed E-state index contributed by atoms with van der Waals surface area (Å²) in [6, 6.07) is 2.02. The summed E-state index contributed by atoms with van der Waals surface area (Å²) >= 11 is 1.60. The van der Waals surface area contributed by atoms with E-state index >= 15 is 0 Å². The largest absolute Gasteiger partial charge is 0.303 e. The molecule has 0 atom stereocenters. The summed E-state index contributed by atoms with van der Waals surface area (Å²) in [5, 5.41) is 5.38. The molecular weight excluding hydrogens is 396 g/mol. The van der Waals surface area contributed by atoms with E-state index in [4.69, 9.17) is 0 Å². The Hall–Kier alpha value is -1.18. The second-order valence-electron chi connectivity index (χ2n) is 7.97. The molecule has 172 valence electrons. The SMILES string of the molecule is Cn1ccc(SNCCCN(CCCCCCCC=O)CCCCCCCC=O)n1. The maximum absolute atomic E-state index is 10.4. The zero-order chi connectivity index (χ0) is 21.7. The number of carbonyl (C=O) groups excluding carboxylic acids is 2. The first-order valence-corrected chi connectivity index (χ1v) is 12.6. The van der Waals surface area contributed by atoms with Gasteiger partial charge in [-0.2, -0.15) is 5.10 Å². The second kappa shape index (κ2) is 19.8. The van der Waals surface area contributed by atoms with E-state index in [-0.39, 0.29) is 0 Å². The fourth-order valence-electron chi connectivity index (χ4n) is 3.47. The van der Waals surface area contributed by atoms with Crippen molar-refractivity contribution in [3.05, 3.63) is 12.3 Å². The van der Waals surface area contributed by atoms with Crippen molar-refractivity contribution in [1.82, 2.24) is 19.4 Å². The number of nitrogens with one attached hydrogen (secondary N) is 1. The van der Waals surface area contributed by atoms with Crippen molar-refractivity contribution in [2.24, 2.45) is 7.05 Å². The average molecular weight is 439 g/mol. The molecule has 0 fully saturated rings. The lowest BCUT2D eigenvalue weighted by Gasteiger charge is -2.22. The lowest BCUT2D eigenvalue weighted by atomic mass is 10.1. The van der Waals surface area contributed by atoms with E-state index in [9.17, 15) is 9.59 Å². The molecule has 1 heterocycles. The number of aromatic nitrogens is 2. The summed E-state index contributed by atoms with van der Waals surface area (Å²) in [4.78, 5) is 23.4. The quantitative estimate of drug-likeness (QED) is 0.159. The molecule has 0 unspecified atom stereocenters. The molecular formula is C23H42N4O2S. The number of rotatable bonds is 22. The topological polar surface area (TPSA) is 67.2 Å². The Bertz CT molecular complexity index is 517. The first-order valence-electron chi connectivity index (χ1n) is 11.7. The van der Waals surface area contributed by atoms with Crippen molar-refractivity contribution < 1.29 is 9.59 Å². The molecule has 30 heavy (non-hydrogen) atoms. The summed E-state index contributed by atoms with van der Waals surface area (Å²) in [6.45, 7) is 4.46. The second-order valence-corrected chi connectivity index (χ2v) is 8.88. The van der Waals surface area contributed by atoms with E-state index < -0.39 is 0 Å². The van der Waals surface area contributed by atoms with Gasteiger partial charge >= 0.3 is 0 Å². The fraction of sp³-hybridized carbons (Fsp3) is 0.783. The highest BCUT2D eigenvalue weighted by molar-refractivity contribution is 7.97. The van der Waals surface area contributed by atoms with Crippen LogP contribution >= 0.6 is 11.9 Å². The minimum Gasteiger partial charge on any atom is -0.303 e. The zero-order valence-electron chi connectivity index (χ0n) is 18.9. The van der Waals surface area contributed by atoms with Crippen LogP contribution in [0.1, 0.15) is 83.5 Å². The third kappa shape index (κ3) is 15.6. The molecule has 0 radical (unpaired) electrons. The Kier molecular flexibility index (Phi) is 17.7. The Balaban J connectivity index is 2.16. The Morgan fingerprint density at radius 3 is 1.93 bits per heavy atom. The standard InChI is InChI=1S/C23H42N4O2S/c1-26-20-15-23(25-26)30-24-16-14-19-27(17-10-6-2-4-8-12-21-28)18-11-7-3-5-9-13-22-29/h15,20-22,24H,2-14,16-19H2,1H3. The maximum atomic E-state index is 10.4. The number of nitrogens with zero attached hydrogens (tertiary/aromatic N) is 3. The Morgan fingerprint density at radius 1 is 0.867 bits per heavy atom. The molecule has 0 aliphatic rings. The van der Waals surface area contributed by atoms with Gasteiger partial charge in [0.05, 0.1) is 0 Å². The summed E-state index contributed by atoms with van der Waals surface area (Å²) in [5.41, 5.74) is 0. The molecule has 0 aliphatic carbocycles. The minimum atomic E-state index is 0.711. The number of hydrogen-bond acceptors (Lipinski definition) is 6. The van der Waals surface area contributed by atoms with E-state index in [1.165, 1.54) is 64.5 Å². The lowest BCUT2D eigenvalue weighted by molar-refractivity contribution is -0.108. The highest BCUT2D eigenvalue weighted by Gasteiger charge is 2.05. The first-order chi connectivity index (χ1) is 14.8. The summed E-state index contributed by atoms with van der Waals surface area (Å²) < 4.78 is 5.24. The van der Waals surface area contributed by atoms with Crippen molar-refractivity contribution in [1.29, 1.82) is 0 Å². The van der Waals surface area contributed by atoms with E-state index in [0.717, 1.165) is 50.0 Å². The van der Waals surface area contributed by atoms with E-state index in [2.05, 4.69) is 14.7 Å². The van der Waals surface area contributed by atoms with Gasteiger partial charge in [-0.15, -0.1) is 0 Å². The van der Waals surface area contributed by atoms with Gasteiger partial charge in [0.25, 0.3) is 0 Å². The van der Waals surface area contributed by atoms with Crippen molar-refractivity contribution in [2.75, 3.05) is 26.2 Å². The molecule has 0 saturated heterocycles. The molecule has 1 aromatic heterocycles.